The molecular weight excluding hydrogens is 358 g/mol. The summed E-state index contributed by atoms with van der Waals surface area (Å²) in [6, 6.07) is 13.9. The number of ether oxygens (including phenoxy) is 3. The summed E-state index contributed by atoms with van der Waals surface area (Å²) in [5, 5.41) is 7.83. The first kappa shape index (κ1) is 18.0. The number of nitrogens with one attached hydrogen (secondary N) is 1. The smallest absolute Gasteiger partial charge is 0.241 e. The number of hydrogen-bond acceptors (Lipinski definition) is 7. The largest absolute Gasteiger partial charge is 0.497 e. The molecule has 2 heterocycles. The molecule has 3 N–H and O–H groups in total. The van der Waals surface area contributed by atoms with Crippen molar-refractivity contribution in [2.24, 2.45) is 0 Å². The SMILES string of the molecule is COc1ccc([C@@H]2C[C@@H](c3ccc(OC)c(OC)c3)n3nc(N)nc3N2)cc1. The maximum atomic E-state index is 5.88. The molecule has 2 aromatic carbocycles. The number of fused-ring (bicyclic) bond motifs is 1. The van der Waals surface area contributed by atoms with E-state index in [0.29, 0.717) is 17.4 Å². The number of methoxy groups -OCH3 is 3. The highest BCUT2D eigenvalue weighted by atomic mass is 16.5. The topological polar surface area (TPSA) is 96.5 Å². The van der Waals surface area contributed by atoms with Crippen LogP contribution in [0.1, 0.15) is 29.6 Å². The second kappa shape index (κ2) is 7.30. The minimum Gasteiger partial charge on any atom is -0.497 e. The molecule has 8 heteroatoms. The number of nitrogens with two attached hydrogens (primary N) is 1. The van der Waals surface area contributed by atoms with Crippen LogP contribution in [0.25, 0.3) is 0 Å². The summed E-state index contributed by atoms with van der Waals surface area (Å²) in [7, 11) is 4.91. The second-order valence-electron chi connectivity index (χ2n) is 6.57. The van der Waals surface area contributed by atoms with Crippen LogP contribution in [0.4, 0.5) is 11.9 Å². The number of hydrogen-bond donors (Lipinski definition) is 2. The van der Waals surface area contributed by atoms with E-state index in [2.05, 4.69) is 27.5 Å². The Labute approximate surface area is 163 Å². The van der Waals surface area contributed by atoms with E-state index in [-0.39, 0.29) is 18.0 Å². The Hall–Kier alpha value is -3.42. The third-order valence-corrected chi connectivity index (χ3v) is 5.02. The fourth-order valence-electron chi connectivity index (χ4n) is 3.59. The zero-order valence-electron chi connectivity index (χ0n) is 16.0. The number of benzene rings is 2. The highest BCUT2D eigenvalue weighted by Crippen LogP contribution is 2.40. The molecule has 0 radical (unpaired) electrons. The fourth-order valence-corrected chi connectivity index (χ4v) is 3.59. The number of rotatable bonds is 5. The van der Waals surface area contributed by atoms with Gasteiger partial charge in [-0.15, -0.1) is 5.10 Å². The van der Waals surface area contributed by atoms with Crippen LogP contribution in [0.3, 0.4) is 0 Å². The second-order valence-corrected chi connectivity index (χ2v) is 6.57. The van der Waals surface area contributed by atoms with E-state index in [9.17, 15) is 0 Å². The summed E-state index contributed by atoms with van der Waals surface area (Å²) in [5.74, 6) is 3.07. The van der Waals surface area contributed by atoms with E-state index in [1.54, 1.807) is 21.3 Å². The third-order valence-electron chi connectivity index (χ3n) is 5.02. The lowest BCUT2D eigenvalue weighted by Crippen LogP contribution is -2.28. The highest BCUT2D eigenvalue weighted by molar-refractivity contribution is 5.47. The van der Waals surface area contributed by atoms with Gasteiger partial charge in [-0.05, 0) is 41.8 Å². The Bertz CT molecular complexity index is 970. The lowest BCUT2D eigenvalue weighted by atomic mass is 9.93. The minimum atomic E-state index is -0.0482. The monoisotopic (exact) mass is 381 g/mol. The first-order valence-electron chi connectivity index (χ1n) is 8.97. The Morgan fingerprint density at radius 2 is 1.68 bits per heavy atom. The first-order valence-corrected chi connectivity index (χ1v) is 8.97. The van der Waals surface area contributed by atoms with E-state index in [1.807, 2.05) is 35.0 Å². The molecule has 146 valence electrons. The molecule has 1 aromatic heterocycles. The molecule has 0 amide bonds. The van der Waals surface area contributed by atoms with Gasteiger partial charge >= 0.3 is 0 Å². The van der Waals surface area contributed by atoms with Crippen LogP contribution in [0, 0.1) is 0 Å². The van der Waals surface area contributed by atoms with Crippen molar-refractivity contribution in [3.8, 4) is 17.2 Å². The van der Waals surface area contributed by atoms with Crippen LogP contribution in [-0.4, -0.2) is 36.1 Å². The lowest BCUT2D eigenvalue weighted by molar-refractivity contribution is 0.352. The Balaban J connectivity index is 1.73. The fraction of sp³-hybridized carbons (Fsp3) is 0.300. The van der Waals surface area contributed by atoms with Crippen LogP contribution in [-0.2, 0) is 0 Å². The molecule has 0 unspecified atom stereocenters. The van der Waals surface area contributed by atoms with Crippen molar-refractivity contribution in [1.82, 2.24) is 14.8 Å². The Kier molecular flexibility index (Phi) is 4.68. The number of nitrogen functional groups attached to an aromatic ring is 1. The Morgan fingerprint density at radius 1 is 0.964 bits per heavy atom. The summed E-state index contributed by atoms with van der Waals surface area (Å²) in [4.78, 5) is 4.35. The van der Waals surface area contributed by atoms with Gasteiger partial charge in [-0.1, -0.05) is 18.2 Å². The predicted molar refractivity (Wildman–Crippen MR) is 106 cm³/mol. The van der Waals surface area contributed by atoms with E-state index < -0.39 is 0 Å². The maximum absolute atomic E-state index is 5.88. The van der Waals surface area contributed by atoms with Crippen molar-refractivity contribution in [2.45, 2.75) is 18.5 Å². The van der Waals surface area contributed by atoms with Gasteiger partial charge in [0.05, 0.1) is 33.4 Å². The van der Waals surface area contributed by atoms with Gasteiger partial charge in [0.1, 0.15) is 5.75 Å². The molecule has 1 aliphatic rings. The first-order chi connectivity index (χ1) is 13.6. The van der Waals surface area contributed by atoms with Crippen LogP contribution in [0.15, 0.2) is 42.5 Å². The average Bonchev–Trinajstić information content (AvgIpc) is 3.12. The van der Waals surface area contributed by atoms with Gasteiger partial charge in [0.15, 0.2) is 11.5 Å². The molecule has 0 saturated heterocycles. The van der Waals surface area contributed by atoms with E-state index >= 15 is 0 Å². The molecule has 0 bridgehead atoms. The van der Waals surface area contributed by atoms with Crippen LogP contribution in [0.2, 0.25) is 0 Å². The quantitative estimate of drug-likeness (QED) is 0.701. The van der Waals surface area contributed by atoms with Crippen molar-refractivity contribution in [3.05, 3.63) is 53.6 Å². The molecule has 8 nitrogen and oxygen atoms in total. The van der Waals surface area contributed by atoms with Gasteiger partial charge in [-0.2, -0.15) is 4.98 Å². The standard InChI is InChI=1S/C20H23N5O3/c1-26-14-7-4-12(5-8-14)15-11-16(25-20(22-15)23-19(21)24-25)13-6-9-17(27-2)18(10-13)28-3/h4-10,15-16H,11H2,1-3H3,(H3,21,22,23,24)/t15-,16-/m0/s1. The van der Waals surface area contributed by atoms with Crippen LogP contribution in [0.5, 0.6) is 17.2 Å². The van der Waals surface area contributed by atoms with E-state index in [4.69, 9.17) is 19.9 Å². The van der Waals surface area contributed by atoms with Crippen molar-refractivity contribution in [1.29, 1.82) is 0 Å². The van der Waals surface area contributed by atoms with Crippen LogP contribution < -0.4 is 25.3 Å². The Morgan fingerprint density at radius 3 is 2.36 bits per heavy atom. The summed E-state index contributed by atoms with van der Waals surface area (Å²) < 4.78 is 17.9. The molecule has 28 heavy (non-hydrogen) atoms. The predicted octanol–water partition coefficient (Wildman–Crippen LogP) is 3.03. The molecule has 4 rings (SSSR count). The number of aromatic nitrogens is 3. The van der Waals surface area contributed by atoms with E-state index in [1.165, 1.54) is 0 Å². The van der Waals surface area contributed by atoms with Gasteiger partial charge in [-0.25, -0.2) is 4.68 Å². The molecule has 1 aliphatic heterocycles. The molecule has 2 atom stereocenters. The summed E-state index contributed by atoms with van der Waals surface area (Å²) >= 11 is 0. The summed E-state index contributed by atoms with van der Waals surface area (Å²) in [6.07, 6.45) is 0.775. The van der Waals surface area contributed by atoms with E-state index in [0.717, 1.165) is 23.3 Å². The van der Waals surface area contributed by atoms with Gasteiger partial charge < -0.3 is 25.3 Å². The van der Waals surface area contributed by atoms with Crippen molar-refractivity contribution < 1.29 is 14.2 Å². The van der Waals surface area contributed by atoms with Gasteiger partial charge in [0.25, 0.3) is 0 Å². The molecule has 0 saturated carbocycles. The van der Waals surface area contributed by atoms with Crippen molar-refractivity contribution >= 4 is 11.9 Å². The molecule has 3 aromatic rings. The normalized spacial score (nSPS) is 18.1. The van der Waals surface area contributed by atoms with Gasteiger partial charge in [-0.3, -0.25) is 0 Å². The lowest BCUT2D eigenvalue weighted by Gasteiger charge is -2.32. The highest BCUT2D eigenvalue weighted by Gasteiger charge is 2.31. The molecular formula is C20H23N5O3. The number of anilines is 2. The molecule has 0 spiro atoms. The summed E-state index contributed by atoms with van der Waals surface area (Å²) in [5.41, 5.74) is 8.06. The third kappa shape index (κ3) is 3.17. The maximum Gasteiger partial charge on any atom is 0.241 e. The summed E-state index contributed by atoms with van der Waals surface area (Å²) in [6.45, 7) is 0. The van der Waals surface area contributed by atoms with Crippen LogP contribution >= 0.6 is 0 Å². The molecule has 0 fully saturated rings. The zero-order valence-corrected chi connectivity index (χ0v) is 16.0. The van der Waals surface area contributed by atoms with Crippen molar-refractivity contribution in [2.75, 3.05) is 32.4 Å². The van der Waals surface area contributed by atoms with Gasteiger partial charge in [0, 0.05) is 0 Å². The zero-order chi connectivity index (χ0) is 19.7. The molecule has 0 aliphatic carbocycles. The average molecular weight is 381 g/mol. The minimum absolute atomic E-state index is 0.0482. The number of nitrogens with zero attached hydrogens (tertiary/aromatic N) is 3. The van der Waals surface area contributed by atoms with Crippen molar-refractivity contribution in [3.63, 3.8) is 0 Å². The van der Waals surface area contributed by atoms with Gasteiger partial charge in [0.2, 0.25) is 11.9 Å².